The summed E-state index contributed by atoms with van der Waals surface area (Å²) in [6.45, 7) is 2.19. The van der Waals surface area contributed by atoms with E-state index in [0.717, 1.165) is 18.4 Å². The Kier molecular flexibility index (Phi) is 11.3. The first kappa shape index (κ1) is 23.0. The number of carbonyl (C=O) groups is 1. The SMILES string of the molecule is CCCCCCC/C=C/C(=O)CC(O)CCc1cc(OC)c(O)c(OC)c1. The molecule has 0 radical (unpaired) electrons. The molecule has 5 heteroatoms. The molecule has 0 aliphatic heterocycles. The van der Waals surface area contributed by atoms with Crippen LogP contribution in [0.15, 0.2) is 24.3 Å². The zero-order valence-corrected chi connectivity index (χ0v) is 16.9. The van der Waals surface area contributed by atoms with Gasteiger partial charge >= 0.3 is 0 Å². The molecule has 1 aromatic rings. The van der Waals surface area contributed by atoms with E-state index in [0.29, 0.717) is 24.3 Å². The molecule has 0 heterocycles. The fourth-order valence-electron chi connectivity index (χ4n) is 2.91. The number of ether oxygens (including phenoxy) is 2. The van der Waals surface area contributed by atoms with E-state index in [1.54, 1.807) is 18.2 Å². The summed E-state index contributed by atoms with van der Waals surface area (Å²) in [5.41, 5.74) is 0.871. The van der Waals surface area contributed by atoms with Crippen molar-refractivity contribution in [2.24, 2.45) is 0 Å². The lowest BCUT2D eigenvalue weighted by Gasteiger charge is -2.13. The summed E-state index contributed by atoms with van der Waals surface area (Å²) in [6.07, 6.45) is 10.9. The number of phenols is 1. The van der Waals surface area contributed by atoms with Crippen LogP contribution in [0, 0.1) is 0 Å². The van der Waals surface area contributed by atoms with Crippen LogP contribution in [0.4, 0.5) is 0 Å². The van der Waals surface area contributed by atoms with Crippen LogP contribution in [0.3, 0.4) is 0 Å². The van der Waals surface area contributed by atoms with Crippen LogP contribution in [-0.2, 0) is 11.2 Å². The standard InChI is InChI=1S/C22H34O5/c1-4-5-6-7-8-9-10-11-18(23)16-19(24)13-12-17-14-20(26-2)22(25)21(15-17)27-3/h10-11,14-15,19,24-25H,4-9,12-13,16H2,1-3H3/b11-10+. The molecule has 0 bridgehead atoms. The lowest BCUT2D eigenvalue weighted by atomic mass is 10.0. The molecule has 0 aromatic heterocycles. The Balaban J connectivity index is 2.38. The summed E-state index contributed by atoms with van der Waals surface area (Å²) in [5.74, 6) is 0.574. The number of rotatable bonds is 14. The number of hydrogen-bond acceptors (Lipinski definition) is 5. The second kappa shape index (κ2) is 13.2. The quantitative estimate of drug-likeness (QED) is 0.366. The third-order valence-electron chi connectivity index (χ3n) is 4.52. The summed E-state index contributed by atoms with van der Waals surface area (Å²) in [6, 6.07) is 3.43. The molecule has 152 valence electrons. The van der Waals surface area contributed by atoms with E-state index in [1.165, 1.54) is 39.9 Å². The number of allylic oxidation sites excluding steroid dienone is 2. The molecule has 2 N–H and O–H groups in total. The zero-order valence-electron chi connectivity index (χ0n) is 16.9. The van der Waals surface area contributed by atoms with Crippen molar-refractivity contribution in [2.45, 2.75) is 70.8 Å². The molecule has 0 fully saturated rings. The molecule has 0 amide bonds. The lowest BCUT2D eigenvalue weighted by molar-refractivity contribution is -0.116. The van der Waals surface area contributed by atoms with Gasteiger partial charge in [-0.3, -0.25) is 4.79 Å². The molecule has 0 saturated heterocycles. The predicted molar refractivity (Wildman–Crippen MR) is 108 cm³/mol. The first-order valence-corrected chi connectivity index (χ1v) is 9.83. The van der Waals surface area contributed by atoms with E-state index in [-0.39, 0.29) is 18.0 Å². The number of aliphatic hydroxyl groups is 1. The van der Waals surface area contributed by atoms with Gasteiger partial charge in [0.05, 0.1) is 20.3 Å². The topological polar surface area (TPSA) is 76.0 Å². The van der Waals surface area contributed by atoms with Crippen LogP contribution in [0.2, 0.25) is 0 Å². The number of hydrogen-bond donors (Lipinski definition) is 2. The number of phenolic OH excluding ortho intramolecular Hbond substituents is 1. The number of aryl methyl sites for hydroxylation is 1. The number of aromatic hydroxyl groups is 1. The molecule has 0 spiro atoms. The number of aliphatic hydroxyl groups excluding tert-OH is 1. The molecule has 1 rings (SSSR count). The summed E-state index contributed by atoms with van der Waals surface area (Å²) < 4.78 is 10.3. The summed E-state index contributed by atoms with van der Waals surface area (Å²) in [7, 11) is 2.95. The van der Waals surface area contributed by atoms with Crippen LogP contribution in [0.1, 0.15) is 63.9 Å². The van der Waals surface area contributed by atoms with E-state index >= 15 is 0 Å². The second-order valence-electron chi connectivity index (χ2n) is 6.82. The van der Waals surface area contributed by atoms with Crippen molar-refractivity contribution in [1.29, 1.82) is 0 Å². The molecule has 1 atom stereocenters. The maximum absolute atomic E-state index is 11.9. The van der Waals surface area contributed by atoms with Crippen molar-refractivity contribution in [3.8, 4) is 17.2 Å². The molecule has 0 aliphatic rings. The first-order chi connectivity index (χ1) is 13.0. The predicted octanol–water partition coefficient (Wildman–Crippen LogP) is 4.58. The maximum atomic E-state index is 11.9. The number of methoxy groups -OCH3 is 2. The van der Waals surface area contributed by atoms with E-state index in [4.69, 9.17) is 9.47 Å². The highest BCUT2D eigenvalue weighted by Crippen LogP contribution is 2.37. The monoisotopic (exact) mass is 378 g/mol. The first-order valence-electron chi connectivity index (χ1n) is 9.83. The highest BCUT2D eigenvalue weighted by Gasteiger charge is 2.13. The van der Waals surface area contributed by atoms with Crippen LogP contribution < -0.4 is 9.47 Å². The average molecular weight is 379 g/mol. The van der Waals surface area contributed by atoms with Gasteiger partial charge in [-0.15, -0.1) is 0 Å². The number of unbranched alkanes of at least 4 members (excludes halogenated alkanes) is 5. The number of ketones is 1. The number of benzene rings is 1. The molecule has 1 unspecified atom stereocenters. The smallest absolute Gasteiger partial charge is 0.200 e. The number of carbonyl (C=O) groups excluding carboxylic acids is 1. The summed E-state index contributed by atoms with van der Waals surface area (Å²) in [4.78, 5) is 11.9. The van der Waals surface area contributed by atoms with Gasteiger partial charge in [0.1, 0.15) is 0 Å². The van der Waals surface area contributed by atoms with Crippen LogP contribution in [0.5, 0.6) is 17.2 Å². The Hall–Kier alpha value is -2.01. The molecule has 0 saturated carbocycles. The molecule has 27 heavy (non-hydrogen) atoms. The highest BCUT2D eigenvalue weighted by molar-refractivity contribution is 5.89. The average Bonchev–Trinajstić information content (AvgIpc) is 2.66. The minimum atomic E-state index is -0.697. The van der Waals surface area contributed by atoms with Crippen LogP contribution in [-0.4, -0.2) is 36.3 Å². The largest absolute Gasteiger partial charge is 0.502 e. The Morgan fingerprint density at radius 1 is 1.11 bits per heavy atom. The molecular weight excluding hydrogens is 344 g/mol. The van der Waals surface area contributed by atoms with Gasteiger partial charge in [-0.2, -0.15) is 0 Å². The fourth-order valence-corrected chi connectivity index (χ4v) is 2.91. The summed E-state index contributed by atoms with van der Waals surface area (Å²) >= 11 is 0. The van der Waals surface area contributed by atoms with E-state index < -0.39 is 6.10 Å². The maximum Gasteiger partial charge on any atom is 0.200 e. The van der Waals surface area contributed by atoms with Gasteiger partial charge < -0.3 is 19.7 Å². The van der Waals surface area contributed by atoms with Gasteiger partial charge in [-0.05, 0) is 49.5 Å². The Bertz CT molecular complexity index is 569. The van der Waals surface area contributed by atoms with Crippen molar-refractivity contribution >= 4 is 5.78 Å². The van der Waals surface area contributed by atoms with E-state index in [1.807, 2.05) is 6.08 Å². The van der Waals surface area contributed by atoms with Crippen LogP contribution >= 0.6 is 0 Å². The molecule has 0 aliphatic carbocycles. The highest BCUT2D eigenvalue weighted by atomic mass is 16.5. The van der Waals surface area contributed by atoms with E-state index in [2.05, 4.69) is 6.92 Å². The minimum Gasteiger partial charge on any atom is -0.502 e. The van der Waals surface area contributed by atoms with Crippen LogP contribution in [0.25, 0.3) is 0 Å². The van der Waals surface area contributed by atoms with Crippen molar-refractivity contribution in [3.05, 3.63) is 29.8 Å². The summed E-state index contributed by atoms with van der Waals surface area (Å²) in [5, 5.41) is 20.0. The minimum absolute atomic E-state index is 0.0423. The third kappa shape index (κ3) is 8.96. The lowest BCUT2D eigenvalue weighted by Crippen LogP contribution is -2.13. The third-order valence-corrected chi connectivity index (χ3v) is 4.52. The van der Waals surface area contributed by atoms with E-state index in [9.17, 15) is 15.0 Å². The van der Waals surface area contributed by atoms with Crippen molar-refractivity contribution < 1.29 is 24.5 Å². The molecule has 1 aromatic carbocycles. The molecule has 5 nitrogen and oxygen atoms in total. The Labute approximate surface area is 163 Å². The van der Waals surface area contributed by atoms with Gasteiger partial charge in [0, 0.05) is 6.42 Å². The Morgan fingerprint density at radius 2 is 1.74 bits per heavy atom. The van der Waals surface area contributed by atoms with Gasteiger partial charge in [0.15, 0.2) is 17.3 Å². The van der Waals surface area contributed by atoms with Crippen molar-refractivity contribution in [1.82, 2.24) is 0 Å². The van der Waals surface area contributed by atoms with Gasteiger partial charge in [-0.1, -0.05) is 38.7 Å². The normalized spacial score (nSPS) is 12.3. The van der Waals surface area contributed by atoms with Gasteiger partial charge in [0.25, 0.3) is 0 Å². The van der Waals surface area contributed by atoms with Gasteiger partial charge in [-0.25, -0.2) is 0 Å². The van der Waals surface area contributed by atoms with Crippen molar-refractivity contribution in [2.75, 3.05) is 14.2 Å². The molecular formula is C22H34O5. The van der Waals surface area contributed by atoms with Crippen molar-refractivity contribution in [3.63, 3.8) is 0 Å². The van der Waals surface area contributed by atoms with Gasteiger partial charge in [0.2, 0.25) is 5.75 Å². The fraction of sp³-hybridized carbons (Fsp3) is 0.591. The Morgan fingerprint density at radius 3 is 2.33 bits per heavy atom. The zero-order chi connectivity index (χ0) is 20.1. The second-order valence-corrected chi connectivity index (χ2v) is 6.82.